The smallest absolute Gasteiger partial charge is 0.332 e. The second-order valence-electron chi connectivity index (χ2n) is 3.33. The first kappa shape index (κ1) is 12.1. The zero-order valence-corrected chi connectivity index (χ0v) is 8.99. The summed E-state index contributed by atoms with van der Waals surface area (Å²) in [5, 5.41) is 2.62. The summed E-state index contributed by atoms with van der Waals surface area (Å²) in [6.07, 6.45) is 0. The number of nitrogens with zero attached hydrogens (tertiary/aromatic N) is 1. The van der Waals surface area contributed by atoms with E-state index in [2.05, 4.69) is 10.1 Å². The van der Waals surface area contributed by atoms with Crippen molar-refractivity contribution in [3.8, 4) is 0 Å². The molecule has 1 rings (SSSR count). The number of carbonyl (C=O) groups excluding carboxylic acids is 2. The lowest BCUT2D eigenvalue weighted by atomic mass is 10.5. The van der Waals surface area contributed by atoms with E-state index in [1.807, 2.05) is 4.90 Å². The molecule has 1 N–H and O–H groups in total. The minimum Gasteiger partial charge on any atom is -0.391 e. The number of likely N-dealkylation sites (N-methyl/N-ethyl adjacent to an activating group) is 1. The van der Waals surface area contributed by atoms with Crippen LogP contribution in [0.2, 0.25) is 0 Å². The lowest BCUT2D eigenvalue weighted by Gasteiger charge is -2.03. The van der Waals surface area contributed by atoms with Gasteiger partial charge < -0.3 is 14.8 Å². The second kappa shape index (κ2) is 5.79. The predicted octanol–water partition coefficient (Wildman–Crippen LogP) is -1.39. The predicted molar refractivity (Wildman–Crippen MR) is 52.3 cm³/mol. The van der Waals surface area contributed by atoms with Crippen molar-refractivity contribution in [2.45, 2.75) is 6.04 Å². The molecule has 1 saturated heterocycles. The maximum absolute atomic E-state index is 11.3. The second-order valence-corrected chi connectivity index (χ2v) is 3.33. The van der Waals surface area contributed by atoms with Gasteiger partial charge in [0.1, 0.15) is 6.04 Å². The summed E-state index contributed by atoms with van der Waals surface area (Å²) >= 11 is 0. The van der Waals surface area contributed by atoms with Gasteiger partial charge in [-0.2, -0.15) is 0 Å². The van der Waals surface area contributed by atoms with Crippen molar-refractivity contribution in [1.82, 2.24) is 10.2 Å². The zero-order chi connectivity index (χ0) is 11.3. The summed E-state index contributed by atoms with van der Waals surface area (Å²) in [5.74, 6) is -1.01. The molecule has 6 heteroatoms. The molecule has 1 aliphatic rings. The molecule has 0 radical (unpaired) electrons. The van der Waals surface area contributed by atoms with E-state index in [1.165, 1.54) is 0 Å². The fraction of sp³-hybridized carbons (Fsp3) is 0.778. The number of esters is 2. The summed E-state index contributed by atoms with van der Waals surface area (Å²) < 4.78 is 9.47. The van der Waals surface area contributed by atoms with Gasteiger partial charge in [-0.15, -0.1) is 0 Å². The third-order valence-corrected chi connectivity index (χ3v) is 2.10. The highest BCUT2D eigenvalue weighted by Crippen LogP contribution is 2.17. The SMILES string of the molecule is CNCC(=O)OC(=O)C1CN1CCOC. The van der Waals surface area contributed by atoms with E-state index in [1.54, 1.807) is 14.2 Å². The van der Waals surface area contributed by atoms with Crippen molar-refractivity contribution in [1.29, 1.82) is 0 Å². The number of carbonyl (C=O) groups is 2. The summed E-state index contributed by atoms with van der Waals surface area (Å²) in [7, 11) is 3.22. The van der Waals surface area contributed by atoms with Gasteiger partial charge >= 0.3 is 11.9 Å². The normalized spacial score (nSPS) is 23.6. The summed E-state index contributed by atoms with van der Waals surface area (Å²) in [4.78, 5) is 24.2. The molecule has 2 atom stereocenters. The van der Waals surface area contributed by atoms with Crippen molar-refractivity contribution in [2.75, 3.05) is 40.4 Å². The third-order valence-electron chi connectivity index (χ3n) is 2.10. The molecule has 0 aromatic rings. The summed E-state index contributed by atoms with van der Waals surface area (Å²) in [6.45, 7) is 1.97. The Morgan fingerprint density at radius 2 is 2.27 bits per heavy atom. The lowest BCUT2D eigenvalue weighted by molar-refractivity contribution is -0.159. The van der Waals surface area contributed by atoms with Gasteiger partial charge in [-0.3, -0.25) is 9.69 Å². The van der Waals surface area contributed by atoms with Gasteiger partial charge in [0.2, 0.25) is 0 Å². The van der Waals surface area contributed by atoms with Gasteiger partial charge in [0.05, 0.1) is 13.2 Å². The lowest BCUT2D eigenvalue weighted by Crippen LogP contribution is -2.27. The van der Waals surface area contributed by atoms with Crippen molar-refractivity contribution >= 4 is 11.9 Å². The molecule has 0 saturated carbocycles. The monoisotopic (exact) mass is 216 g/mol. The van der Waals surface area contributed by atoms with E-state index in [-0.39, 0.29) is 12.6 Å². The van der Waals surface area contributed by atoms with Gasteiger partial charge in [0.25, 0.3) is 0 Å². The van der Waals surface area contributed by atoms with Crippen LogP contribution in [0.25, 0.3) is 0 Å². The average molecular weight is 216 g/mol. The Hall–Kier alpha value is -0.980. The van der Waals surface area contributed by atoms with E-state index in [0.29, 0.717) is 19.7 Å². The molecule has 1 aliphatic heterocycles. The molecule has 0 aliphatic carbocycles. The zero-order valence-electron chi connectivity index (χ0n) is 8.99. The first-order valence-electron chi connectivity index (χ1n) is 4.81. The van der Waals surface area contributed by atoms with Crippen molar-refractivity contribution in [3.63, 3.8) is 0 Å². The Bertz CT molecular complexity index is 244. The molecule has 6 nitrogen and oxygen atoms in total. The van der Waals surface area contributed by atoms with Crippen LogP contribution in [0.5, 0.6) is 0 Å². The molecule has 2 unspecified atom stereocenters. The quantitative estimate of drug-likeness (QED) is 0.335. The van der Waals surface area contributed by atoms with Crippen molar-refractivity contribution in [3.05, 3.63) is 0 Å². The molecule has 0 amide bonds. The van der Waals surface area contributed by atoms with Crippen LogP contribution in [0.15, 0.2) is 0 Å². The molecular formula is C9H16N2O4. The number of methoxy groups -OCH3 is 1. The van der Waals surface area contributed by atoms with Crippen LogP contribution in [0.4, 0.5) is 0 Å². The van der Waals surface area contributed by atoms with E-state index in [0.717, 1.165) is 0 Å². The van der Waals surface area contributed by atoms with Gasteiger partial charge in [-0.25, -0.2) is 4.79 Å². The molecule has 15 heavy (non-hydrogen) atoms. The highest BCUT2D eigenvalue weighted by Gasteiger charge is 2.41. The van der Waals surface area contributed by atoms with Crippen LogP contribution in [-0.2, 0) is 19.1 Å². The Balaban J connectivity index is 2.17. The Kier molecular flexibility index (Phi) is 4.67. The van der Waals surface area contributed by atoms with Crippen LogP contribution in [0.3, 0.4) is 0 Å². The third kappa shape index (κ3) is 3.94. The molecule has 1 heterocycles. The standard InChI is InChI=1S/C9H16N2O4/c1-10-5-8(12)15-9(13)7-6-11(7)3-4-14-2/h7,10H,3-6H2,1-2H3. The molecule has 0 spiro atoms. The maximum atomic E-state index is 11.3. The summed E-state index contributed by atoms with van der Waals surface area (Å²) in [5.41, 5.74) is 0. The Labute approximate surface area is 88.5 Å². The Morgan fingerprint density at radius 1 is 1.53 bits per heavy atom. The van der Waals surface area contributed by atoms with Crippen molar-refractivity contribution < 1.29 is 19.1 Å². The molecular weight excluding hydrogens is 200 g/mol. The minimum absolute atomic E-state index is 0.0521. The van der Waals surface area contributed by atoms with Crippen LogP contribution >= 0.6 is 0 Å². The van der Waals surface area contributed by atoms with Gasteiger partial charge in [0, 0.05) is 20.2 Å². The van der Waals surface area contributed by atoms with E-state index in [9.17, 15) is 9.59 Å². The molecule has 0 aromatic heterocycles. The number of hydrogen-bond acceptors (Lipinski definition) is 6. The van der Waals surface area contributed by atoms with E-state index >= 15 is 0 Å². The molecule has 1 fully saturated rings. The largest absolute Gasteiger partial charge is 0.391 e. The average Bonchev–Trinajstić information content (AvgIpc) is 2.94. The molecule has 0 aromatic carbocycles. The van der Waals surface area contributed by atoms with Gasteiger partial charge in [-0.05, 0) is 7.05 Å². The number of ether oxygens (including phenoxy) is 2. The highest BCUT2D eigenvalue weighted by molar-refractivity contribution is 5.90. The maximum Gasteiger partial charge on any atom is 0.332 e. The van der Waals surface area contributed by atoms with E-state index in [4.69, 9.17) is 4.74 Å². The van der Waals surface area contributed by atoms with Gasteiger partial charge in [-0.1, -0.05) is 0 Å². The first-order valence-corrected chi connectivity index (χ1v) is 4.81. The minimum atomic E-state index is -0.541. The highest BCUT2D eigenvalue weighted by atomic mass is 16.6. The summed E-state index contributed by atoms with van der Waals surface area (Å²) in [6, 6.07) is -0.263. The van der Waals surface area contributed by atoms with Crippen LogP contribution in [0, 0.1) is 0 Å². The van der Waals surface area contributed by atoms with Crippen LogP contribution < -0.4 is 5.32 Å². The number of nitrogens with one attached hydrogen (secondary N) is 1. The fourth-order valence-electron chi connectivity index (χ4n) is 1.21. The molecule has 86 valence electrons. The number of hydrogen-bond donors (Lipinski definition) is 1. The van der Waals surface area contributed by atoms with E-state index < -0.39 is 11.9 Å². The topological polar surface area (TPSA) is 67.6 Å². The fourth-order valence-corrected chi connectivity index (χ4v) is 1.21. The van der Waals surface area contributed by atoms with Crippen molar-refractivity contribution in [2.24, 2.45) is 0 Å². The van der Waals surface area contributed by atoms with Gasteiger partial charge in [0.15, 0.2) is 0 Å². The van der Waals surface area contributed by atoms with Crippen LogP contribution in [-0.4, -0.2) is 63.3 Å². The Morgan fingerprint density at radius 3 is 2.87 bits per heavy atom. The number of rotatable bonds is 6. The molecule has 0 bridgehead atoms. The van der Waals surface area contributed by atoms with Crippen LogP contribution in [0.1, 0.15) is 0 Å². The first-order chi connectivity index (χ1) is 7.19.